The van der Waals surface area contributed by atoms with E-state index in [2.05, 4.69) is 6.58 Å². The lowest BCUT2D eigenvalue weighted by molar-refractivity contribution is -0.152. The van der Waals surface area contributed by atoms with E-state index in [9.17, 15) is 19.2 Å². The second kappa shape index (κ2) is 10.4. The standard InChI is InChI=1S/C26H34O9/c1-13-8-10-19(31-16(4)27)14(2)9-11-21(33-18(6)29)26(7)24(35-26)23-22(15(3)25(30)34-23)20(12-13)32-17(5)28/h8-9,19-24H,3,10-12H2,1-2,4-7H3/b13-8+,14-9+/t19-,20+,21+,22+,23-,24-,26-/m0/s1. The van der Waals surface area contributed by atoms with Crippen LogP contribution in [0.1, 0.15) is 60.8 Å². The Morgan fingerprint density at radius 3 is 2.23 bits per heavy atom. The zero-order valence-corrected chi connectivity index (χ0v) is 21.1. The maximum atomic E-state index is 12.5. The first kappa shape index (κ1) is 26.7. The molecule has 3 aliphatic rings. The smallest absolute Gasteiger partial charge is 0.334 e. The Bertz CT molecular complexity index is 977. The highest BCUT2D eigenvalue weighted by Crippen LogP contribution is 2.50. The zero-order chi connectivity index (χ0) is 26.1. The predicted octanol–water partition coefficient (Wildman–Crippen LogP) is 3.11. The van der Waals surface area contributed by atoms with Gasteiger partial charge in [0.2, 0.25) is 0 Å². The second-order valence-corrected chi connectivity index (χ2v) is 9.66. The van der Waals surface area contributed by atoms with Gasteiger partial charge in [0, 0.05) is 45.6 Å². The highest BCUT2D eigenvalue weighted by molar-refractivity contribution is 5.91. The molecule has 0 saturated carbocycles. The van der Waals surface area contributed by atoms with E-state index in [1.165, 1.54) is 20.8 Å². The lowest BCUT2D eigenvalue weighted by Gasteiger charge is -2.28. The first-order chi connectivity index (χ1) is 16.3. The van der Waals surface area contributed by atoms with E-state index in [4.69, 9.17) is 23.7 Å². The van der Waals surface area contributed by atoms with E-state index >= 15 is 0 Å². The molecule has 9 nitrogen and oxygen atoms in total. The molecule has 0 spiro atoms. The molecule has 2 aliphatic heterocycles. The lowest BCUT2D eigenvalue weighted by atomic mass is 9.82. The number of carbonyl (C=O) groups excluding carboxylic acids is 4. The Morgan fingerprint density at radius 1 is 1.00 bits per heavy atom. The van der Waals surface area contributed by atoms with Gasteiger partial charge in [-0.1, -0.05) is 24.3 Å². The van der Waals surface area contributed by atoms with E-state index in [-0.39, 0.29) is 5.57 Å². The van der Waals surface area contributed by atoms with Gasteiger partial charge < -0.3 is 23.7 Å². The van der Waals surface area contributed by atoms with Crippen molar-refractivity contribution in [1.29, 1.82) is 0 Å². The van der Waals surface area contributed by atoms with Crippen molar-refractivity contribution in [3.63, 3.8) is 0 Å². The summed E-state index contributed by atoms with van der Waals surface area (Å²) in [5.74, 6) is -2.60. The minimum Gasteiger partial charge on any atom is -0.461 e. The first-order valence-corrected chi connectivity index (χ1v) is 11.7. The van der Waals surface area contributed by atoms with Gasteiger partial charge in [-0.2, -0.15) is 0 Å². The summed E-state index contributed by atoms with van der Waals surface area (Å²) in [6.45, 7) is 13.4. The van der Waals surface area contributed by atoms with Crippen molar-refractivity contribution in [3.8, 4) is 0 Å². The molecule has 192 valence electrons. The SMILES string of the molecule is C=C1C(=O)O[C@H]2[C@H]1[C@H](OC(C)=O)C/C(C)=C/C[C@H](OC(C)=O)/C(C)=C/C[C@@H](OC(C)=O)[C@]1(C)O[C@@H]21. The van der Waals surface area contributed by atoms with Gasteiger partial charge in [-0.15, -0.1) is 0 Å². The minimum absolute atomic E-state index is 0.205. The van der Waals surface area contributed by atoms with E-state index in [0.717, 1.165) is 11.1 Å². The highest BCUT2D eigenvalue weighted by atomic mass is 16.7. The van der Waals surface area contributed by atoms with Gasteiger partial charge in [0.1, 0.15) is 36.1 Å². The molecule has 1 aliphatic carbocycles. The highest BCUT2D eigenvalue weighted by Gasteiger charge is 2.67. The predicted molar refractivity (Wildman–Crippen MR) is 124 cm³/mol. The molecular weight excluding hydrogens is 456 g/mol. The summed E-state index contributed by atoms with van der Waals surface area (Å²) in [5, 5.41) is 0. The fourth-order valence-corrected chi connectivity index (χ4v) is 4.90. The second-order valence-electron chi connectivity index (χ2n) is 9.66. The molecule has 3 rings (SSSR count). The van der Waals surface area contributed by atoms with Crippen LogP contribution in [0.25, 0.3) is 0 Å². The van der Waals surface area contributed by atoms with Crippen molar-refractivity contribution in [3.05, 3.63) is 35.5 Å². The number of epoxide rings is 1. The van der Waals surface area contributed by atoms with E-state index in [1.807, 2.05) is 26.0 Å². The number of esters is 4. The summed E-state index contributed by atoms with van der Waals surface area (Å²) in [6, 6.07) is 0. The maximum Gasteiger partial charge on any atom is 0.334 e. The van der Waals surface area contributed by atoms with Crippen LogP contribution in [-0.2, 0) is 42.9 Å². The van der Waals surface area contributed by atoms with Gasteiger partial charge in [0.05, 0.1) is 5.92 Å². The van der Waals surface area contributed by atoms with Crippen LogP contribution in [0.2, 0.25) is 0 Å². The largest absolute Gasteiger partial charge is 0.461 e. The third kappa shape index (κ3) is 6.01. The van der Waals surface area contributed by atoms with Crippen molar-refractivity contribution in [1.82, 2.24) is 0 Å². The van der Waals surface area contributed by atoms with E-state index in [0.29, 0.717) is 19.3 Å². The fraction of sp³-hybridized carbons (Fsp3) is 0.615. The lowest BCUT2D eigenvalue weighted by Crippen LogP contribution is -2.41. The van der Waals surface area contributed by atoms with Gasteiger partial charge in [-0.25, -0.2) is 4.79 Å². The third-order valence-corrected chi connectivity index (χ3v) is 6.79. The van der Waals surface area contributed by atoms with Crippen molar-refractivity contribution in [2.45, 2.75) is 96.9 Å². The fourth-order valence-electron chi connectivity index (χ4n) is 4.90. The number of rotatable bonds is 3. The average molecular weight is 491 g/mol. The quantitative estimate of drug-likeness (QED) is 0.193. The van der Waals surface area contributed by atoms with Crippen molar-refractivity contribution < 1.29 is 42.9 Å². The Kier molecular flexibility index (Phi) is 7.89. The molecule has 0 aromatic rings. The van der Waals surface area contributed by atoms with Crippen molar-refractivity contribution in [2.24, 2.45) is 5.92 Å². The number of carbonyl (C=O) groups is 4. The zero-order valence-electron chi connectivity index (χ0n) is 21.1. The third-order valence-electron chi connectivity index (χ3n) is 6.79. The Labute approximate surface area is 205 Å². The molecule has 9 heteroatoms. The van der Waals surface area contributed by atoms with Crippen molar-refractivity contribution in [2.75, 3.05) is 0 Å². The molecular formula is C26H34O9. The number of hydrogen-bond acceptors (Lipinski definition) is 9. The summed E-state index contributed by atoms with van der Waals surface area (Å²) in [4.78, 5) is 48.1. The van der Waals surface area contributed by atoms with Gasteiger partial charge in [0.15, 0.2) is 0 Å². The molecule has 2 fully saturated rings. The summed E-state index contributed by atoms with van der Waals surface area (Å²) < 4.78 is 28.5. The van der Waals surface area contributed by atoms with Crippen LogP contribution in [0, 0.1) is 5.92 Å². The van der Waals surface area contributed by atoms with Gasteiger partial charge in [0.25, 0.3) is 0 Å². The molecule has 0 bridgehead atoms. The monoisotopic (exact) mass is 490 g/mol. The Balaban J connectivity index is 2.06. The summed E-state index contributed by atoms with van der Waals surface area (Å²) in [5.41, 5.74) is 0.954. The topological polar surface area (TPSA) is 118 Å². The molecule has 0 aromatic carbocycles. The molecule has 0 unspecified atom stereocenters. The van der Waals surface area contributed by atoms with E-state index in [1.54, 1.807) is 6.92 Å². The van der Waals surface area contributed by atoms with E-state index < -0.39 is 65.9 Å². The molecule has 2 heterocycles. The van der Waals surface area contributed by atoms with Crippen LogP contribution in [0.15, 0.2) is 35.5 Å². The Morgan fingerprint density at radius 2 is 1.63 bits per heavy atom. The number of hydrogen-bond donors (Lipinski definition) is 0. The van der Waals surface area contributed by atoms with Crippen LogP contribution in [-0.4, -0.2) is 60.0 Å². The normalized spacial score (nSPS) is 38.2. The summed E-state index contributed by atoms with van der Waals surface area (Å²) in [7, 11) is 0. The molecule has 2 saturated heterocycles. The van der Waals surface area contributed by atoms with Crippen LogP contribution < -0.4 is 0 Å². The number of fused-ring (bicyclic) bond motifs is 3. The molecule has 0 radical (unpaired) electrons. The summed E-state index contributed by atoms with van der Waals surface area (Å²) in [6.07, 6.45) is 1.56. The van der Waals surface area contributed by atoms with Crippen LogP contribution in [0.3, 0.4) is 0 Å². The van der Waals surface area contributed by atoms with Crippen LogP contribution >= 0.6 is 0 Å². The Hall–Kier alpha value is -2.94. The first-order valence-electron chi connectivity index (χ1n) is 11.7. The van der Waals surface area contributed by atoms with Gasteiger partial charge in [-0.3, -0.25) is 14.4 Å². The number of ether oxygens (including phenoxy) is 5. The molecule has 7 atom stereocenters. The van der Waals surface area contributed by atoms with Crippen LogP contribution in [0.5, 0.6) is 0 Å². The van der Waals surface area contributed by atoms with Gasteiger partial charge in [-0.05, 0) is 26.3 Å². The molecule has 0 amide bonds. The molecule has 35 heavy (non-hydrogen) atoms. The summed E-state index contributed by atoms with van der Waals surface area (Å²) >= 11 is 0. The maximum absolute atomic E-state index is 12.5. The molecule has 0 N–H and O–H groups in total. The molecule has 0 aromatic heterocycles. The van der Waals surface area contributed by atoms with Crippen molar-refractivity contribution >= 4 is 23.9 Å². The van der Waals surface area contributed by atoms with Gasteiger partial charge >= 0.3 is 23.9 Å². The average Bonchev–Trinajstić information content (AvgIpc) is 3.34. The minimum atomic E-state index is -0.941. The van der Waals surface area contributed by atoms with Crippen LogP contribution in [0.4, 0.5) is 0 Å².